The Morgan fingerprint density at radius 3 is 2.61 bits per heavy atom. The molecule has 3 rings (SSSR count). The first-order valence-electron chi connectivity index (χ1n) is 7.69. The Morgan fingerprint density at radius 2 is 1.96 bits per heavy atom. The third kappa shape index (κ3) is 3.71. The molecular weight excluding hydrogens is 308 g/mol. The van der Waals surface area contributed by atoms with Crippen LogP contribution in [0.25, 0.3) is 0 Å². The van der Waals surface area contributed by atoms with Gasteiger partial charge < -0.3 is 5.32 Å². The smallest absolute Gasteiger partial charge is 0.137 e. The summed E-state index contributed by atoms with van der Waals surface area (Å²) >= 11 is 6.12. The van der Waals surface area contributed by atoms with E-state index in [4.69, 9.17) is 11.6 Å². The van der Waals surface area contributed by atoms with Gasteiger partial charge in [0.15, 0.2) is 0 Å². The van der Waals surface area contributed by atoms with Crippen molar-refractivity contribution in [3.8, 4) is 0 Å². The van der Waals surface area contributed by atoms with Crippen molar-refractivity contribution >= 4 is 17.3 Å². The molecule has 0 fully saturated rings. The second-order valence-electron chi connectivity index (χ2n) is 5.39. The van der Waals surface area contributed by atoms with Gasteiger partial charge in [0, 0.05) is 10.7 Å². The summed E-state index contributed by atoms with van der Waals surface area (Å²) in [6.45, 7) is 2.15. The number of nitrogens with one attached hydrogen (secondary N) is 1. The molecule has 0 radical (unpaired) electrons. The minimum atomic E-state index is 0.0707. The second kappa shape index (κ2) is 7.29. The minimum absolute atomic E-state index is 0.0707. The molecule has 1 heterocycles. The third-order valence-electron chi connectivity index (χ3n) is 3.88. The summed E-state index contributed by atoms with van der Waals surface area (Å²) in [7, 11) is 0. The largest absolute Gasteiger partial charge is 0.376 e. The average molecular weight is 327 g/mol. The van der Waals surface area contributed by atoms with E-state index in [2.05, 4.69) is 46.6 Å². The van der Waals surface area contributed by atoms with Gasteiger partial charge in [0.25, 0.3) is 0 Å². The quantitative estimate of drug-likeness (QED) is 0.711. The predicted octanol–water partition coefficient (Wildman–Crippen LogP) is 4.74. The van der Waals surface area contributed by atoms with Crippen LogP contribution in [-0.2, 0) is 0 Å². The summed E-state index contributed by atoms with van der Waals surface area (Å²) in [4.78, 5) is 4.09. The van der Waals surface area contributed by atoms with E-state index in [1.54, 1.807) is 12.7 Å². The van der Waals surface area contributed by atoms with Gasteiger partial charge >= 0.3 is 0 Å². The van der Waals surface area contributed by atoms with Crippen molar-refractivity contribution in [2.45, 2.75) is 25.4 Å². The van der Waals surface area contributed by atoms with E-state index in [-0.39, 0.29) is 12.1 Å². The van der Waals surface area contributed by atoms with Crippen molar-refractivity contribution in [1.82, 2.24) is 14.8 Å². The van der Waals surface area contributed by atoms with E-state index in [0.717, 1.165) is 17.1 Å². The van der Waals surface area contributed by atoms with Crippen LogP contribution in [0.5, 0.6) is 0 Å². The highest BCUT2D eigenvalue weighted by Crippen LogP contribution is 2.32. The van der Waals surface area contributed by atoms with Crippen LogP contribution in [0.15, 0.2) is 67.3 Å². The zero-order valence-corrected chi connectivity index (χ0v) is 13.7. The molecule has 2 aromatic carbocycles. The molecule has 0 bridgehead atoms. The number of rotatable bonds is 6. The van der Waals surface area contributed by atoms with Gasteiger partial charge in [0.1, 0.15) is 12.7 Å². The van der Waals surface area contributed by atoms with Crippen LogP contribution in [0.4, 0.5) is 5.69 Å². The van der Waals surface area contributed by atoms with Crippen LogP contribution < -0.4 is 5.32 Å². The van der Waals surface area contributed by atoms with Crippen LogP contribution in [-0.4, -0.2) is 14.8 Å². The van der Waals surface area contributed by atoms with E-state index in [0.29, 0.717) is 0 Å². The Labute approximate surface area is 141 Å². The van der Waals surface area contributed by atoms with E-state index in [1.807, 2.05) is 35.0 Å². The van der Waals surface area contributed by atoms with Crippen molar-refractivity contribution in [2.75, 3.05) is 5.32 Å². The van der Waals surface area contributed by atoms with Crippen molar-refractivity contribution in [2.24, 2.45) is 0 Å². The monoisotopic (exact) mass is 326 g/mol. The van der Waals surface area contributed by atoms with Crippen molar-refractivity contribution in [1.29, 1.82) is 0 Å². The van der Waals surface area contributed by atoms with Crippen LogP contribution in [0.3, 0.4) is 0 Å². The fourth-order valence-electron chi connectivity index (χ4n) is 2.78. The molecule has 23 heavy (non-hydrogen) atoms. The van der Waals surface area contributed by atoms with Gasteiger partial charge in [-0.1, -0.05) is 54.9 Å². The van der Waals surface area contributed by atoms with E-state index in [9.17, 15) is 0 Å². The SMILES string of the molecule is CCC(C(Nc1cccc(Cl)c1)c1ccccc1)n1cncn1. The number of benzene rings is 2. The molecular formula is C18H19ClN4. The van der Waals surface area contributed by atoms with E-state index >= 15 is 0 Å². The summed E-state index contributed by atoms with van der Waals surface area (Å²) < 4.78 is 1.91. The molecule has 5 heteroatoms. The Morgan fingerprint density at radius 1 is 1.13 bits per heavy atom. The van der Waals surface area contributed by atoms with Gasteiger partial charge in [0.2, 0.25) is 0 Å². The maximum absolute atomic E-state index is 6.12. The first-order valence-corrected chi connectivity index (χ1v) is 8.07. The molecule has 0 aliphatic heterocycles. The van der Waals surface area contributed by atoms with Crippen LogP contribution in [0.2, 0.25) is 5.02 Å². The maximum atomic E-state index is 6.12. The number of anilines is 1. The molecule has 118 valence electrons. The predicted molar refractivity (Wildman–Crippen MR) is 93.6 cm³/mol. The molecule has 0 saturated carbocycles. The van der Waals surface area contributed by atoms with Crippen molar-refractivity contribution in [3.63, 3.8) is 0 Å². The van der Waals surface area contributed by atoms with Crippen molar-refractivity contribution < 1.29 is 0 Å². The molecule has 0 aliphatic carbocycles. The molecule has 4 nitrogen and oxygen atoms in total. The van der Waals surface area contributed by atoms with Crippen molar-refractivity contribution in [3.05, 3.63) is 77.8 Å². The molecule has 1 N–H and O–H groups in total. The molecule has 1 aromatic heterocycles. The Hall–Kier alpha value is -2.33. The van der Waals surface area contributed by atoms with Gasteiger partial charge in [-0.15, -0.1) is 0 Å². The van der Waals surface area contributed by atoms with Gasteiger partial charge in [-0.25, -0.2) is 9.67 Å². The lowest BCUT2D eigenvalue weighted by Gasteiger charge is -2.28. The first kappa shape index (κ1) is 15.6. The van der Waals surface area contributed by atoms with Gasteiger partial charge in [0.05, 0.1) is 12.1 Å². The van der Waals surface area contributed by atoms with Crippen LogP contribution >= 0.6 is 11.6 Å². The number of aromatic nitrogens is 3. The Balaban J connectivity index is 1.96. The maximum Gasteiger partial charge on any atom is 0.137 e. The molecule has 0 aliphatic rings. The fraction of sp³-hybridized carbons (Fsp3) is 0.222. The number of hydrogen-bond acceptors (Lipinski definition) is 3. The Bertz CT molecular complexity index is 728. The minimum Gasteiger partial charge on any atom is -0.376 e. The number of halogens is 1. The van der Waals surface area contributed by atoms with E-state index < -0.39 is 0 Å². The molecule has 0 spiro atoms. The Kier molecular flexibility index (Phi) is 4.93. The lowest BCUT2D eigenvalue weighted by Crippen LogP contribution is -2.24. The zero-order chi connectivity index (χ0) is 16.1. The fourth-order valence-corrected chi connectivity index (χ4v) is 2.97. The summed E-state index contributed by atoms with van der Waals surface area (Å²) in [5, 5.41) is 8.65. The topological polar surface area (TPSA) is 42.7 Å². The summed E-state index contributed by atoms with van der Waals surface area (Å²) in [6, 6.07) is 18.4. The lowest BCUT2D eigenvalue weighted by atomic mass is 9.97. The zero-order valence-electron chi connectivity index (χ0n) is 12.9. The highest BCUT2D eigenvalue weighted by Gasteiger charge is 2.24. The summed E-state index contributed by atoms with van der Waals surface area (Å²) in [6.07, 6.45) is 4.27. The van der Waals surface area contributed by atoms with E-state index in [1.165, 1.54) is 5.56 Å². The highest BCUT2D eigenvalue weighted by molar-refractivity contribution is 6.30. The van der Waals surface area contributed by atoms with Gasteiger partial charge in [-0.2, -0.15) is 5.10 Å². The molecule has 2 atom stereocenters. The standard InChI is InChI=1S/C18H19ClN4/c1-2-17(23-13-20-12-21-23)18(14-7-4-3-5-8-14)22-16-10-6-9-15(19)11-16/h3-13,17-18,22H,2H2,1H3. The molecule has 3 aromatic rings. The molecule has 0 amide bonds. The van der Waals surface area contributed by atoms with Gasteiger partial charge in [-0.05, 0) is 30.2 Å². The highest BCUT2D eigenvalue weighted by atomic mass is 35.5. The average Bonchev–Trinajstić information content (AvgIpc) is 3.10. The van der Waals surface area contributed by atoms with Crippen LogP contribution in [0.1, 0.15) is 31.0 Å². The first-order chi connectivity index (χ1) is 11.3. The second-order valence-corrected chi connectivity index (χ2v) is 5.83. The van der Waals surface area contributed by atoms with Crippen LogP contribution in [0, 0.1) is 0 Å². The summed E-state index contributed by atoms with van der Waals surface area (Å²) in [5.74, 6) is 0. The van der Waals surface area contributed by atoms with Gasteiger partial charge in [-0.3, -0.25) is 0 Å². The summed E-state index contributed by atoms with van der Waals surface area (Å²) in [5.41, 5.74) is 2.19. The molecule has 2 unspecified atom stereocenters. The number of nitrogens with zero attached hydrogens (tertiary/aromatic N) is 3. The third-order valence-corrected chi connectivity index (χ3v) is 4.12. The lowest BCUT2D eigenvalue weighted by molar-refractivity contribution is 0.388. The number of hydrogen-bond donors (Lipinski definition) is 1. The normalized spacial score (nSPS) is 13.5. The molecule has 0 saturated heterocycles.